The van der Waals surface area contributed by atoms with Gasteiger partial charge >= 0.3 is 0 Å². The van der Waals surface area contributed by atoms with Gasteiger partial charge in [-0.2, -0.15) is 10.2 Å². The van der Waals surface area contributed by atoms with Crippen molar-refractivity contribution in [3.05, 3.63) is 11.7 Å². The van der Waals surface area contributed by atoms with Gasteiger partial charge < -0.3 is 9.26 Å². The van der Waals surface area contributed by atoms with E-state index in [1.54, 1.807) is 7.11 Å². The van der Waals surface area contributed by atoms with Crippen LogP contribution in [-0.4, -0.2) is 17.3 Å². The average molecular weight is 235 g/mol. The number of rotatable bonds is 3. The zero-order valence-electron chi connectivity index (χ0n) is 10.3. The molecular formula is C12H17N3O2. The quantitative estimate of drug-likeness (QED) is 0.803. The number of ether oxygens (including phenoxy) is 1. The highest BCUT2D eigenvalue weighted by Crippen LogP contribution is 2.41. The third-order valence-corrected chi connectivity index (χ3v) is 3.45. The van der Waals surface area contributed by atoms with Crippen LogP contribution in [0.25, 0.3) is 0 Å². The molecule has 1 aliphatic carbocycles. The number of hydrogen-bond donors (Lipinski definition) is 0. The molecule has 17 heavy (non-hydrogen) atoms. The van der Waals surface area contributed by atoms with Crippen LogP contribution in [0.5, 0.6) is 0 Å². The normalized spacial score (nSPS) is 28.9. The molecule has 1 saturated carbocycles. The Hall–Kier alpha value is -1.41. The van der Waals surface area contributed by atoms with Crippen molar-refractivity contribution in [3.63, 3.8) is 0 Å². The lowest BCUT2D eigenvalue weighted by Crippen LogP contribution is -2.35. The largest absolute Gasteiger partial charge is 0.370 e. The van der Waals surface area contributed by atoms with E-state index in [-0.39, 0.29) is 6.42 Å². The highest BCUT2D eigenvalue weighted by atomic mass is 16.5. The van der Waals surface area contributed by atoms with Crippen molar-refractivity contribution in [1.82, 2.24) is 10.1 Å². The van der Waals surface area contributed by atoms with Crippen LogP contribution in [-0.2, 0) is 16.8 Å². The number of aromatic nitrogens is 2. The fraction of sp³-hybridized carbons (Fsp3) is 0.750. The molecule has 1 aromatic rings. The molecule has 92 valence electrons. The maximum atomic E-state index is 8.59. The Morgan fingerprint density at radius 3 is 3.12 bits per heavy atom. The van der Waals surface area contributed by atoms with Gasteiger partial charge in [0.2, 0.25) is 11.7 Å². The van der Waals surface area contributed by atoms with E-state index < -0.39 is 5.60 Å². The van der Waals surface area contributed by atoms with Crippen LogP contribution in [0.2, 0.25) is 0 Å². The van der Waals surface area contributed by atoms with Crippen molar-refractivity contribution in [2.75, 3.05) is 7.11 Å². The summed E-state index contributed by atoms with van der Waals surface area (Å²) in [7, 11) is 1.69. The van der Waals surface area contributed by atoms with E-state index in [2.05, 4.69) is 17.1 Å². The molecule has 0 aliphatic heterocycles. The lowest BCUT2D eigenvalue weighted by atomic mass is 9.78. The van der Waals surface area contributed by atoms with Gasteiger partial charge in [-0.15, -0.1) is 0 Å². The zero-order chi connectivity index (χ0) is 12.3. The molecule has 5 nitrogen and oxygen atoms in total. The van der Waals surface area contributed by atoms with Gasteiger partial charge in [-0.1, -0.05) is 18.5 Å². The van der Waals surface area contributed by atoms with Gasteiger partial charge in [-0.05, 0) is 25.2 Å². The summed E-state index contributed by atoms with van der Waals surface area (Å²) in [6, 6.07) is 2.00. The summed E-state index contributed by atoms with van der Waals surface area (Å²) < 4.78 is 10.7. The summed E-state index contributed by atoms with van der Waals surface area (Å²) in [5.74, 6) is 1.57. The predicted octanol–water partition coefficient (Wildman–Crippen LogP) is 2.19. The summed E-state index contributed by atoms with van der Waals surface area (Å²) in [5, 5.41) is 12.6. The smallest absolute Gasteiger partial charge is 0.240 e. The van der Waals surface area contributed by atoms with Crippen molar-refractivity contribution in [3.8, 4) is 6.07 Å². The minimum Gasteiger partial charge on any atom is -0.370 e. The highest BCUT2D eigenvalue weighted by molar-refractivity contribution is 5.05. The Bertz CT molecular complexity index is 424. The monoisotopic (exact) mass is 235 g/mol. The first-order chi connectivity index (χ1) is 8.20. The van der Waals surface area contributed by atoms with E-state index in [1.165, 1.54) is 6.42 Å². The molecular weight excluding hydrogens is 218 g/mol. The Labute approximate surface area is 101 Å². The number of methoxy groups -OCH3 is 1. The fourth-order valence-electron chi connectivity index (χ4n) is 2.56. The molecule has 1 heterocycles. The highest BCUT2D eigenvalue weighted by Gasteiger charge is 2.40. The van der Waals surface area contributed by atoms with E-state index in [1.807, 2.05) is 6.07 Å². The van der Waals surface area contributed by atoms with Crippen LogP contribution in [0, 0.1) is 17.2 Å². The minimum absolute atomic E-state index is 0.155. The summed E-state index contributed by atoms with van der Waals surface area (Å²) in [6.45, 7) is 2.21. The average Bonchev–Trinajstić information content (AvgIpc) is 2.78. The second-order valence-corrected chi connectivity index (χ2v) is 4.75. The van der Waals surface area contributed by atoms with Crippen molar-refractivity contribution >= 4 is 0 Å². The molecule has 0 aromatic carbocycles. The number of hydrogen-bond acceptors (Lipinski definition) is 5. The van der Waals surface area contributed by atoms with E-state index in [9.17, 15) is 0 Å². The SMILES string of the molecule is COC1(c2noc(CC#N)n2)CCCC(C)C1. The van der Waals surface area contributed by atoms with Crippen LogP contribution in [0.15, 0.2) is 4.52 Å². The van der Waals surface area contributed by atoms with E-state index in [0.717, 1.165) is 19.3 Å². The Balaban J connectivity index is 2.24. The van der Waals surface area contributed by atoms with Crippen LogP contribution in [0.1, 0.15) is 44.3 Å². The van der Waals surface area contributed by atoms with Crippen molar-refractivity contribution in [1.29, 1.82) is 5.26 Å². The topological polar surface area (TPSA) is 71.9 Å². The van der Waals surface area contributed by atoms with Gasteiger partial charge in [-0.3, -0.25) is 0 Å². The third-order valence-electron chi connectivity index (χ3n) is 3.45. The fourth-order valence-corrected chi connectivity index (χ4v) is 2.56. The summed E-state index contributed by atoms with van der Waals surface area (Å²) in [4.78, 5) is 4.28. The van der Waals surface area contributed by atoms with Gasteiger partial charge in [0.15, 0.2) is 0 Å². The molecule has 5 heteroatoms. The molecule has 1 aromatic heterocycles. The van der Waals surface area contributed by atoms with Crippen LogP contribution in [0.3, 0.4) is 0 Å². The zero-order valence-corrected chi connectivity index (χ0v) is 10.3. The third kappa shape index (κ3) is 2.32. The van der Waals surface area contributed by atoms with Gasteiger partial charge in [0.25, 0.3) is 0 Å². The van der Waals surface area contributed by atoms with Crippen molar-refractivity contribution in [2.24, 2.45) is 5.92 Å². The Morgan fingerprint density at radius 2 is 2.47 bits per heavy atom. The molecule has 0 radical (unpaired) electrons. The van der Waals surface area contributed by atoms with Crippen LogP contribution >= 0.6 is 0 Å². The van der Waals surface area contributed by atoms with E-state index in [0.29, 0.717) is 17.6 Å². The van der Waals surface area contributed by atoms with Crippen LogP contribution < -0.4 is 0 Å². The van der Waals surface area contributed by atoms with Gasteiger partial charge in [0.1, 0.15) is 12.0 Å². The molecule has 0 amide bonds. The molecule has 1 fully saturated rings. The Kier molecular flexibility index (Phi) is 3.43. The second kappa shape index (κ2) is 4.84. The molecule has 0 N–H and O–H groups in total. The summed E-state index contributed by atoms with van der Waals surface area (Å²) in [5.41, 5.74) is -0.422. The van der Waals surface area contributed by atoms with Gasteiger partial charge in [-0.25, -0.2) is 0 Å². The first kappa shape index (κ1) is 12.1. The molecule has 2 atom stereocenters. The molecule has 2 rings (SSSR count). The van der Waals surface area contributed by atoms with Crippen LogP contribution in [0.4, 0.5) is 0 Å². The summed E-state index contributed by atoms with van der Waals surface area (Å²) >= 11 is 0. The second-order valence-electron chi connectivity index (χ2n) is 4.75. The number of nitriles is 1. The maximum absolute atomic E-state index is 8.59. The lowest BCUT2D eigenvalue weighted by molar-refractivity contribution is -0.0658. The van der Waals surface area contributed by atoms with Crippen molar-refractivity contribution in [2.45, 2.75) is 44.6 Å². The Morgan fingerprint density at radius 1 is 1.65 bits per heavy atom. The maximum Gasteiger partial charge on any atom is 0.240 e. The predicted molar refractivity (Wildman–Crippen MR) is 59.9 cm³/mol. The molecule has 0 saturated heterocycles. The van der Waals surface area contributed by atoms with Gasteiger partial charge in [0.05, 0.1) is 6.07 Å². The summed E-state index contributed by atoms with van der Waals surface area (Å²) in [6.07, 6.45) is 4.31. The molecule has 2 unspecified atom stereocenters. The van der Waals surface area contributed by atoms with Crippen molar-refractivity contribution < 1.29 is 9.26 Å². The molecule has 0 bridgehead atoms. The lowest BCUT2D eigenvalue weighted by Gasteiger charge is -2.36. The first-order valence-electron chi connectivity index (χ1n) is 5.95. The molecule has 1 aliphatic rings. The van der Waals surface area contributed by atoms with Gasteiger partial charge in [0, 0.05) is 7.11 Å². The standard InChI is InChI=1S/C12H17N3O2/c1-9-4-3-6-12(8-9,16-2)11-14-10(5-7-13)17-15-11/h9H,3-6,8H2,1-2H3. The number of nitrogens with zero attached hydrogens (tertiary/aromatic N) is 3. The molecule has 0 spiro atoms. The van der Waals surface area contributed by atoms with E-state index in [4.69, 9.17) is 14.5 Å². The van der Waals surface area contributed by atoms with E-state index >= 15 is 0 Å². The minimum atomic E-state index is -0.422. The first-order valence-corrected chi connectivity index (χ1v) is 5.95.